The van der Waals surface area contributed by atoms with Crippen molar-refractivity contribution in [3.05, 3.63) is 36.6 Å². The molecule has 0 radical (unpaired) electrons. The molecule has 1 aromatic heterocycles. The molecule has 9 nitrogen and oxygen atoms in total. The molecule has 3 heterocycles. The van der Waals surface area contributed by atoms with Crippen LogP contribution in [0.15, 0.2) is 41.7 Å². The van der Waals surface area contributed by atoms with E-state index in [1.54, 1.807) is 46.9 Å². The average Bonchev–Trinajstić information content (AvgIpc) is 3.07. The first kappa shape index (κ1) is 23.4. The molecular weight excluding hydrogens is 438 g/mol. The molecule has 2 aliphatic rings. The number of aromatic nitrogens is 4. The van der Waals surface area contributed by atoms with Crippen molar-refractivity contribution in [2.75, 3.05) is 0 Å². The zero-order valence-corrected chi connectivity index (χ0v) is 20.0. The Bertz CT molecular complexity index is 1090. The van der Waals surface area contributed by atoms with Crippen molar-refractivity contribution in [3.63, 3.8) is 0 Å². The molecule has 0 spiro atoms. The normalized spacial score (nSPS) is 24.4. The molecule has 1 saturated heterocycles. The van der Waals surface area contributed by atoms with Crippen LogP contribution in [0.4, 0.5) is 0 Å². The summed E-state index contributed by atoms with van der Waals surface area (Å²) < 4.78 is 28.0. The lowest BCUT2D eigenvalue weighted by Gasteiger charge is -2.58. The number of fused-ring (bicyclic) bond motifs is 1. The number of aryl methyl sites for hydroxylation is 1. The molecule has 2 aliphatic heterocycles. The number of hydrogen-bond donors (Lipinski definition) is 0. The van der Waals surface area contributed by atoms with Gasteiger partial charge in [-0.15, -0.1) is 18.3 Å². The van der Waals surface area contributed by atoms with Crippen LogP contribution in [0.2, 0.25) is 0 Å². The minimum atomic E-state index is -3.95. The van der Waals surface area contributed by atoms with Crippen LogP contribution < -0.4 is 0 Å². The van der Waals surface area contributed by atoms with Gasteiger partial charge in [0.05, 0.1) is 11.1 Å². The lowest BCUT2D eigenvalue weighted by atomic mass is 9.71. The summed E-state index contributed by atoms with van der Waals surface area (Å²) in [4.78, 5) is 27.9. The molecule has 1 amide bonds. The van der Waals surface area contributed by atoms with Gasteiger partial charge in [-0.25, -0.2) is 13.1 Å². The van der Waals surface area contributed by atoms with Crippen molar-refractivity contribution < 1.29 is 18.0 Å². The maximum Gasteiger partial charge on any atom is 0.238 e. The van der Waals surface area contributed by atoms with Crippen molar-refractivity contribution >= 4 is 33.3 Å². The fraction of sp³-hybridized carbons (Fsp3) is 0.550. The lowest BCUT2D eigenvalue weighted by molar-refractivity contribution is -0.162. The summed E-state index contributed by atoms with van der Waals surface area (Å²) in [6.45, 7) is 14.2. The molecule has 0 aromatic carbocycles. The van der Waals surface area contributed by atoms with Crippen molar-refractivity contribution in [2.24, 2.45) is 17.9 Å². The van der Waals surface area contributed by atoms with Crippen LogP contribution in [0, 0.1) is 10.8 Å². The standard InChI is InChI=1S/C20H27N5O4S2/c1-8-10-20(11-9-2)16(27)25-13(14(26)19(4,5)6)12(3)15(31(28,29)17(20)25)30-18-21-22-23-24(18)7/h8-9,15,17H,1-2,10-11H2,3-7H3/t15?,17-/m0/s1. The summed E-state index contributed by atoms with van der Waals surface area (Å²) in [5.41, 5.74) is -1.58. The summed E-state index contributed by atoms with van der Waals surface area (Å²) >= 11 is 0.962. The highest BCUT2D eigenvalue weighted by Crippen LogP contribution is 2.56. The van der Waals surface area contributed by atoms with E-state index in [0.29, 0.717) is 10.7 Å². The minimum absolute atomic E-state index is 0.147. The largest absolute Gasteiger partial charge is 0.292 e. The van der Waals surface area contributed by atoms with Crippen LogP contribution in [0.3, 0.4) is 0 Å². The number of thioether (sulfide) groups is 1. The number of allylic oxidation sites excluding steroid dienone is 3. The number of tetrazole rings is 1. The zero-order chi connectivity index (χ0) is 23.4. The van der Waals surface area contributed by atoms with Crippen LogP contribution in [0.25, 0.3) is 0 Å². The third kappa shape index (κ3) is 3.38. The van der Waals surface area contributed by atoms with E-state index in [1.165, 1.54) is 9.58 Å². The fourth-order valence-corrected chi connectivity index (χ4v) is 8.29. The number of β-lactam (4-membered cyclic amide) rings is 1. The highest BCUT2D eigenvalue weighted by atomic mass is 32.3. The number of nitrogens with zero attached hydrogens (tertiary/aromatic N) is 5. The van der Waals surface area contributed by atoms with Crippen LogP contribution in [0.1, 0.15) is 40.5 Å². The third-order valence-corrected chi connectivity index (χ3v) is 10.1. The Kier molecular flexibility index (Phi) is 5.81. The molecule has 168 valence electrons. The van der Waals surface area contributed by atoms with Gasteiger partial charge in [0, 0.05) is 12.5 Å². The van der Waals surface area contributed by atoms with Gasteiger partial charge in [-0.2, -0.15) is 0 Å². The maximum atomic E-state index is 13.8. The molecule has 0 bridgehead atoms. The van der Waals surface area contributed by atoms with E-state index in [2.05, 4.69) is 28.7 Å². The van der Waals surface area contributed by atoms with E-state index in [-0.39, 0.29) is 24.3 Å². The molecule has 1 fully saturated rings. The minimum Gasteiger partial charge on any atom is -0.292 e. The van der Waals surface area contributed by atoms with Crippen molar-refractivity contribution in [2.45, 2.75) is 55.6 Å². The quantitative estimate of drug-likeness (QED) is 0.445. The van der Waals surface area contributed by atoms with E-state index in [9.17, 15) is 18.0 Å². The molecule has 0 aliphatic carbocycles. The van der Waals surface area contributed by atoms with Crippen LogP contribution >= 0.6 is 11.8 Å². The molecule has 11 heteroatoms. The monoisotopic (exact) mass is 465 g/mol. The Hall–Kier alpha value is -2.27. The van der Waals surface area contributed by atoms with E-state index in [1.807, 2.05) is 0 Å². The maximum absolute atomic E-state index is 13.8. The summed E-state index contributed by atoms with van der Waals surface area (Å²) in [5, 5.41) is 10.3. The van der Waals surface area contributed by atoms with Gasteiger partial charge >= 0.3 is 0 Å². The molecular formula is C20H27N5O4S2. The van der Waals surface area contributed by atoms with Gasteiger partial charge in [0.25, 0.3) is 0 Å². The molecule has 31 heavy (non-hydrogen) atoms. The predicted molar refractivity (Wildman–Crippen MR) is 117 cm³/mol. The van der Waals surface area contributed by atoms with Gasteiger partial charge in [0.2, 0.25) is 11.1 Å². The van der Waals surface area contributed by atoms with Crippen molar-refractivity contribution in [1.82, 2.24) is 25.1 Å². The van der Waals surface area contributed by atoms with Gasteiger partial charge in [0.15, 0.2) is 21.0 Å². The molecule has 0 N–H and O–H groups in total. The second-order valence-corrected chi connectivity index (χ2v) is 12.4. The summed E-state index contributed by atoms with van der Waals surface area (Å²) in [6.07, 6.45) is 3.41. The number of amides is 1. The number of Topliss-reactive ketones (excluding diaryl/α,β-unsaturated/α-hetero) is 1. The first-order valence-corrected chi connectivity index (χ1v) is 12.3. The predicted octanol–water partition coefficient (Wildman–Crippen LogP) is 2.25. The smallest absolute Gasteiger partial charge is 0.238 e. The van der Waals surface area contributed by atoms with E-state index < -0.39 is 36.5 Å². The lowest BCUT2D eigenvalue weighted by Crippen LogP contribution is -2.74. The van der Waals surface area contributed by atoms with Crippen LogP contribution in [0.5, 0.6) is 0 Å². The second-order valence-electron chi connectivity index (χ2n) is 8.90. The molecule has 3 rings (SSSR count). The number of ketones is 1. The van der Waals surface area contributed by atoms with E-state index >= 15 is 0 Å². The average molecular weight is 466 g/mol. The van der Waals surface area contributed by atoms with E-state index in [0.717, 1.165) is 11.8 Å². The Labute approximate surface area is 186 Å². The number of hydrogen-bond acceptors (Lipinski definition) is 8. The Morgan fingerprint density at radius 1 is 1.26 bits per heavy atom. The molecule has 1 unspecified atom stereocenters. The zero-order valence-electron chi connectivity index (χ0n) is 18.3. The Balaban J connectivity index is 2.26. The number of carbonyl (C=O) groups is 2. The van der Waals surface area contributed by atoms with Crippen molar-refractivity contribution in [3.8, 4) is 0 Å². The number of sulfone groups is 1. The van der Waals surface area contributed by atoms with Gasteiger partial charge in [-0.05, 0) is 35.8 Å². The van der Waals surface area contributed by atoms with E-state index in [4.69, 9.17) is 0 Å². The number of rotatable bonds is 7. The molecule has 1 aromatic rings. The SMILES string of the molecule is C=CCC1(CC=C)C(=O)N2C(C(=O)C(C)(C)C)=C(C)C(Sc3nnnn3C)S(=O)(=O)[C@H]21. The number of carbonyl (C=O) groups excluding carboxylic acids is 2. The fourth-order valence-electron chi connectivity index (χ4n) is 4.17. The summed E-state index contributed by atoms with van der Waals surface area (Å²) in [5.74, 6) is -0.678. The highest BCUT2D eigenvalue weighted by molar-refractivity contribution is 8.14. The highest BCUT2D eigenvalue weighted by Gasteiger charge is 2.70. The van der Waals surface area contributed by atoms with Crippen molar-refractivity contribution in [1.29, 1.82) is 0 Å². The third-order valence-electron chi connectivity index (χ3n) is 5.64. The van der Waals surface area contributed by atoms with Gasteiger partial charge in [0.1, 0.15) is 4.58 Å². The topological polar surface area (TPSA) is 115 Å². The molecule has 2 atom stereocenters. The second kappa shape index (κ2) is 7.70. The van der Waals surface area contributed by atoms with Crippen LogP contribution in [-0.4, -0.2) is 55.2 Å². The Morgan fingerprint density at radius 3 is 2.29 bits per heavy atom. The first-order chi connectivity index (χ1) is 14.3. The van der Waals surface area contributed by atoms with Gasteiger partial charge in [-0.3, -0.25) is 14.5 Å². The summed E-state index contributed by atoms with van der Waals surface area (Å²) in [7, 11) is -2.34. The van der Waals surface area contributed by atoms with Gasteiger partial charge < -0.3 is 0 Å². The summed E-state index contributed by atoms with van der Waals surface area (Å²) in [6, 6.07) is 0. The first-order valence-electron chi connectivity index (χ1n) is 9.77. The Morgan fingerprint density at radius 2 is 1.84 bits per heavy atom. The van der Waals surface area contributed by atoms with Gasteiger partial charge in [-0.1, -0.05) is 44.7 Å². The molecule has 0 saturated carbocycles. The van der Waals surface area contributed by atoms with Crippen LogP contribution in [-0.2, 0) is 26.5 Å².